The minimum atomic E-state index is -0.304. The van der Waals surface area contributed by atoms with E-state index in [0.717, 1.165) is 0 Å². The van der Waals surface area contributed by atoms with Gasteiger partial charge in [0.15, 0.2) is 5.82 Å². The number of carbonyl (C=O) groups excluding carboxylic acids is 1. The van der Waals surface area contributed by atoms with E-state index in [0.29, 0.717) is 24.6 Å². The van der Waals surface area contributed by atoms with E-state index in [2.05, 4.69) is 15.3 Å². The molecule has 0 saturated carbocycles. The van der Waals surface area contributed by atoms with Crippen molar-refractivity contribution < 1.29 is 4.79 Å². The number of hydrogen-bond acceptors (Lipinski definition) is 5. The number of nitrogens with two attached hydrogens (primary N) is 1. The zero-order valence-electron chi connectivity index (χ0n) is 8.77. The van der Waals surface area contributed by atoms with Gasteiger partial charge in [0.2, 0.25) is 11.2 Å². The number of halogens is 1. The maximum Gasteiger partial charge on any atom is 0.242 e. The first-order chi connectivity index (χ1) is 7.59. The standard InChI is InChI=1S/C9H12ClN5O/c1-5-8(16)12-2-3-15(5)7-6(11)4-13-9(10)14-7/h4-5H,2-3,11H2,1H3,(H,12,16). The van der Waals surface area contributed by atoms with Crippen LogP contribution in [0, 0.1) is 0 Å². The van der Waals surface area contributed by atoms with Gasteiger partial charge in [-0.2, -0.15) is 4.98 Å². The number of hydrogen-bond donors (Lipinski definition) is 2. The van der Waals surface area contributed by atoms with Crippen LogP contribution in [0.1, 0.15) is 6.92 Å². The second-order valence-corrected chi connectivity index (χ2v) is 3.92. The van der Waals surface area contributed by atoms with Crippen LogP contribution in [0.4, 0.5) is 11.5 Å². The molecular weight excluding hydrogens is 230 g/mol. The van der Waals surface area contributed by atoms with Crippen LogP contribution in [-0.2, 0) is 4.79 Å². The van der Waals surface area contributed by atoms with Gasteiger partial charge in [0.1, 0.15) is 6.04 Å². The van der Waals surface area contributed by atoms with Crippen LogP contribution in [0.25, 0.3) is 0 Å². The summed E-state index contributed by atoms with van der Waals surface area (Å²) in [6.07, 6.45) is 1.45. The van der Waals surface area contributed by atoms with E-state index in [1.807, 2.05) is 4.90 Å². The van der Waals surface area contributed by atoms with Gasteiger partial charge in [-0.3, -0.25) is 4.79 Å². The van der Waals surface area contributed by atoms with E-state index in [1.165, 1.54) is 6.20 Å². The normalized spacial score (nSPS) is 20.8. The molecule has 2 rings (SSSR count). The molecule has 1 amide bonds. The van der Waals surface area contributed by atoms with Gasteiger partial charge in [-0.1, -0.05) is 0 Å². The molecule has 16 heavy (non-hydrogen) atoms. The first-order valence-electron chi connectivity index (χ1n) is 4.92. The fraction of sp³-hybridized carbons (Fsp3) is 0.444. The third kappa shape index (κ3) is 1.88. The van der Waals surface area contributed by atoms with Gasteiger partial charge in [-0.15, -0.1) is 0 Å². The summed E-state index contributed by atoms with van der Waals surface area (Å²) in [7, 11) is 0. The highest BCUT2D eigenvalue weighted by Crippen LogP contribution is 2.23. The first kappa shape index (κ1) is 10.9. The Bertz CT molecular complexity index is 424. The zero-order valence-corrected chi connectivity index (χ0v) is 9.53. The highest BCUT2D eigenvalue weighted by Gasteiger charge is 2.27. The van der Waals surface area contributed by atoms with Gasteiger partial charge < -0.3 is 16.0 Å². The smallest absolute Gasteiger partial charge is 0.242 e. The molecule has 0 bridgehead atoms. The number of amides is 1. The fourth-order valence-corrected chi connectivity index (χ4v) is 1.79. The van der Waals surface area contributed by atoms with Gasteiger partial charge in [0, 0.05) is 13.1 Å². The van der Waals surface area contributed by atoms with Crippen molar-refractivity contribution in [3.63, 3.8) is 0 Å². The Morgan fingerprint density at radius 2 is 2.44 bits per heavy atom. The van der Waals surface area contributed by atoms with Crippen molar-refractivity contribution in [3.8, 4) is 0 Å². The van der Waals surface area contributed by atoms with Crippen molar-refractivity contribution >= 4 is 29.0 Å². The molecule has 1 aromatic heterocycles. The Morgan fingerprint density at radius 3 is 3.19 bits per heavy atom. The number of nitrogens with zero attached hydrogens (tertiary/aromatic N) is 3. The zero-order chi connectivity index (χ0) is 11.7. The van der Waals surface area contributed by atoms with Crippen molar-refractivity contribution in [2.24, 2.45) is 0 Å². The van der Waals surface area contributed by atoms with E-state index < -0.39 is 0 Å². The van der Waals surface area contributed by atoms with Crippen molar-refractivity contribution in [1.29, 1.82) is 0 Å². The summed E-state index contributed by atoms with van der Waals surface area (Å²) < 4.78 is 0. The summed E-state index contributed by atoms with van der Waals surface area (Å²) in [5.74, 6) is 0.475. The molecule has 0 aromatic carbocycles. The molecule has 1 aliphatic rings. The Labute approximate surface area is 97.8 Å². The van der Waals surface area contributed by atoms with Crippen LogP contribution in [0.15, 0.2) is 6.20 Å². The summed E-state index contributed by atoms with van der Waals surface area (Å²) in [5.41, 5.74) is 6.19. The van der Waals surface area contributed by atoms with E-state index in [9.17, 15) is 4.79 Å². The average Bonchev–Trinajstić information content (AvgIpc) is 2.26. The second kappa shape index (κ2) is 4.13. The van der Waals surface area contributed by atoms with Gasteiger partial charge in [-0.25, -0.2) is 4.98 Å². The highest BCUT2D eigenvalue weighted by atomic mass is 35.5. The minimum Gasteiger partial charge on any atom is -0.394 e. The first-order valence-corrected chi connectivity index (χ1v) is 5.30. The molecule has 0 aliphatic carbocycles. The molecule has 1 atom stereocenters. The quantitative estimate of drug-likeness (QED) is 0.678. The molecule has 86 valence electrons. The monoisotopic (exact) mass is 241 g/mol. The van der Waals surface area contributed by atoms with Crippen LogP contribution in [0.5, 0.6) is 0 Å². The molecule has 1 aromatic rings. The largest absolute Gasteiger partial charge is 0.394 e. The minimum absolute atomic E-state index is 0.0413. The fourth-order valence-electron chi connectivity index (χ4n) is 1.66. The van der Waals surface area contributed by atoms with Crippen molar-refractivity contribution in [3.05, 3.63) is 11.5 Å². The van der Waals surface area contributed by atoms with Gasteiger partial charge in [0.25, 0.3) is 0 Å². The van der Waals surface area contributed by atoms with Crippen molar-refractivity contribution in [1.82, 2.24) is 15.3 Å². The molecule has 1 unspecified atom stereocenters. The van der Waals surface area contributed by atoms with Crippen molar-refractivity contribution in [2.75, 3.05) is 23.7 Å². The predicted octanol–water partition coefficient (Wildman–Crippen LogP) is 0.0369. The summed E-state index contributed by atoms with van der Waals surface area (Å²) in [5, 5.41) is 2.89. The van der Waals surface area contributed by atoms with Crippen LogP contribution >= 0.6 is 11.6 Å². The highest BCUT2D eigenvalue weighted by molar-refractivity contribution is 6.28. The number of anilines is 2. The lowest BCUT2D eigenvalue weighted by molar-refractivity contribution is -0.122. The molecule has 0 radical (unpaired) electrons. The number of rotatable bonds is 1. The lowest BCUT2D eigenvalue weighted by Crippen LogP contribution is -2.54. The van der Waals surface area contributed by atoms with Crippen molar-refractivity contribution in [2.45, 2.75) is 13.0 Å². The maximum absolute atomic E-state index is 11.5. The van der Waals surface area contributed by atoms with Gasteiger partial charge >= 0.3 is 0 Å². The molecule has 7 heteroatoms. The third-order valence-corrected chi connectivity index (χ3v) is 2.72. The molecule has 1 fully saturated rings. The summed E-state index contributed by atoms with van der Waals surface area (Å²) in [4.78, 5) is 21.2. The van der Waals surface area contributed by atoms with Crippen LogP contribution in [0.3, 0.4) is 0 Å². The number of aromatic nitrogens is 2. The molecule has 1 aliphatic heterocycles. The lowest BCUT2D eigenvalue weighted by atomic mass is 10.2. The number of piperazine rings is 1. The average molecular weight is 242 g/mol. The number of carbonyl (C=O) groups is 1. The van der Waals surface area contributed by atoms with Gasteiger partial charge in [-0.05, 0) is 18.5 Å². The summed E-state index contributed by atoms with van der Waals surface area (Å²) in [6, 6.07) is -0.304. The molecule has 1 saturated heterocycles. The number of nitrogen functional groups attached to an aromatic ring is 1. The van der Waals surface area contributed by atoms with E-state index in [-0.39, 0.29) is 17.2 Å². The van der Waals surface area contributed by atoms with E-state index in [4.69, 9.17) is 17.3 Å². The third-order valence-electron chi connectivity index (χ3n) is 2.54. The molecule has 2 heterocycles. The second-order valence-electron chi connectivity index (χ2n) is 3.58. The van der Waals surface area contributed by atoms with E-state index in [1.54, 1.807) is 6.92 Å². The Hall–Kier alpha value is -1.56. The summed E-state index contributed by atoms with van der Waals surface area (Å²) in [6.45, 7) is 3.03. The molecule has 0 spiro atoms. The topological polar surface area (TPSA) is 84.1 Å². The SMILES string of the molecule is CC1C(=O)NCCN1c1nc(Cl)ncc1N. The molecular formula is C9H12ClN5O. The lowest BCUT2D eigenvalue weighted by Gasteiger charge is -2.34. The maximum atomic E-state index is 11.5. The Morgan fingerprint density at radius 1 is 1.69 bits per heavy atom. The van der Waals surface area contributed by atoms with Crippen LogP contribution in [-0.4, -0.2) is 35.0 Å². The van der Waals surface area contributed by atoms with Crippen LogP contribution < -0.4 is 16.0 Å². The predicted molar refractivity (Wildman–Crippen MR) is 61.3 cm³/mol. The molecule has 6 nitrogen and oxygen atoms in total. The Kier molecular flexibility index (Phi) is 2.82. The Balaban J connectivity index is 2.35. The van der Waals surface area contributed by atoms with Gasteiger partial charge in [0.05, 0.1) is 11.9 Å². The number of nitrogens with one attached hydrogen (secondary N) is 1. The summed E-state index contributed by atoms with van der Waals surface area (Å²) >= 11 is 5.72. The molecule has 3 N–H and O–H groups in total. The van der Waals surface area contributed by atoms with E-state index >= 15 is 0 Å². The van der Waals surface area contributed by atoms with Crippen LogP contribution in [0.2, 0.25) is 5.28 Å².